The fourth-order valence-electron chi connectivity index (χ4n) is 0.285. The Hall–Kier alpha value is 1.02. The molecule has 1 unspecified atom stereocenters. The minimum absolute atomic E-state index is 0. The Labute approximate surface area is 73.7 Å². The molecule has 0 radical (unpaired) electrons. The molecule has 0 N–H and O–H groups in total. The van der Waals surface area contributed by atoms with Crippen molar-refractivity contribution >= 4 is 23.1 Å². The van der Waals surface area contributed by atoms with Gasteiger partial charge in [0.1, 0.15) is 0 Å². The summed E-state index contributed by atoms with van der Waals surface area (Å²) < 4.78 is 4.74. The Kier molecular flexibility index (Phi) is 21.8. The molecule has 0 bridgehead atoms. The van der Waals surface area contributed by atoms with Gasteiger partial charge in [0.2, 0.25) is 0 Å². The van der Waals surface area contributed by atoms with E-state index in [2.05, 4.69) is 6.92 Å². The third-order valence-corrected chi connectivity index (χ3v) is 0.451. The van der Waals surface area contributed by atoms with Crippen molar-refractivity contribution in [2.75, 3.05) is 13.7 Å². The Morgan fingerprint density at radius 3 is 2.00 bits per heavy atom. The molecule has 1 nitrogen and oxygen atoms in total. The van der Waals surface area contributed by atoms with Gasteiger partial charge >= 0.3 is 23.1 Å². The average Bonchev–Trinajstić information content (AvgIpc) is 1.35. The molecule has 0 aromatic rings. The van der Waals surface area contributed by atoms with Crippen LogP contribution in [0, 0.1) is 12.8 Å². The maximum atomic E-state index is 4.74. The Bertz CT molecular complexity index is 33.6. The van der Waals surface area contributed by atoms with Gasteiger partial charge in [-0.3, -0.25) is 0 Å². The summed E-state index contributed by atoms with van der Waals surface area (Å²) in [4.78, 5) is 0. The van der Waals surface area contributed by atoms with Gasteiger partial charge < -0.3 is 24.1 Å². The van der Waals surface area contributed by atoms with Crippen molar-refractivity contribution in [3.05, 3.63) is 6.92 Å². The summed E-state index contributed by atoms with van der Waals surface area (Å²) >= 11 is 0. The summed E-state index contributed by atoms with van der Waals surface area (Å²) in [6, 6.07) is 0. The molecule has 3 heteroatoms. The third-order valence-electron chi connectivity index (χ3n) is 0.451. The van der Waals surface area contributed by atoms with E-state index in [-0.39, 0.29) is 35.5 Å². The first kappa shape index (κ1) is 16.0. The zero-order valence-electron chi connectivity index (χ0n) is 5.48. The van der Waals surface area contributed by atoms with Crippen molar-refractivity contribution in [1.29, 1.82) is 0 Å². The van der Waals surface area contributed by atoms with Gasteiger partial charge in [-0.25, -0.2) is 0 Å². The van der Waals surface area contributed by atoms with E-state index in [1.54, 1.807) is 7.11 Å². The van der Waals surface area contributed by atoms with Crippen molar-refractivity contribution < 1.29 is 17.1 Å². The summed E-state index contributed by atoms with van der Waals surface area (Å²) in [5, 5.41) is 0. The minimum Gasteiger partial charge on any atom is -1.00 e. The first-order valence-corrected chi connectivity index (χ1v) is 2.09. The van der Waals surface area contributed by atoms with Crippen LogP contribution in [0.5, 0.6) is 0 Å². The first-order chi connectivity index (χ1) is 2.77. The van der Waals surface area contributed by atoms with Crippen molar-refractivity contribution in [2.24, 2.45) is 5.92 Å². The molecule has 0 aromatic heterocycles. The molecule has 0 spiro atoms. The number of methoxy groups -OCH3 is 1. The molecular formula is C5H11ClMgO. The van der Waals surface area contributed by atoms with Crippen LogP contribution in [0.3, 0.4) is 0 Å². The first-order valence-electron chi connectivity index (χ1n) is 2.09. The number of hydrogen-bond acceptors (Lipinski definition) is 1. The second-order valence-electron chi connectivity index (χ2n) is 1.56. The SMILES string of the molecule is [CH2-]C(C)COC.[Cl-].[Mg+2]. The molecule has 0 saturated heterocycles. The number of rotatable bonds is 2. The van der Waals surface area contributed by atoms with Gasteiger partial charge in [-0.05, 0) is 0 Å². The van der Waals surface area contributed by atoms with Crippen LogP contribution < -0.4 is 12.4 Å². The molecule has 0 amide bonds. The van der Waals surface area contributed by atoms with Gasteiger partial charge in [-0.15, -0.1) is 5.92 Å². The van der Waals surface area contributed by atoms with Crippen LogP contribution in [-0.2, 0) is 4.74 Å². The molecule has 8 heavy (non-hydrogen) atoms. The van der Waals surface area contributed by atoms with Gasteiger partial charge in [0.05, 0.1) is 0 Å². The van der Waals surface area contributed by atoms with Crippen LogP contribution in [0.25, 0.3) is 0 Å². The molecule has 0 aliphatic rings. The van der Waals surface area contributed by atoms with Gasteiger partial charge in [0.15, 0.2) is 0 Å². The Morgan fingerprint density at radius 2 is 2.00 bits per heavy atom. The standard InChI is InChI=1S/C5H11O.ClH.Mg/c1-5(2)4-6-3;;/h5H,1,4H2,2-3H3;1H;/q-1;;+2/p-1. The molecule has 0 heterocycles. The predicted molar refractivity (Wildman–Crippen MR) is 32.2 cm³/mol. The molecule has 0 aromatic carbocycles. The quantitative estimate of drug-likeness (QED) is 0.316. The Morgan fingerprint density at radius 1 is 1.62 bits per heavy atom. The number of halogens is 1. The fourth-order valence-corrected chi connectivity index (χ4v) is 0.285. The van der Waals surface area contributed by atoms with Crippen LogP contribution in [0.1, 0.15) is 6.92 Å². The van der Waals surface area contributed by atoms with E-state index in [0.29, 0.717) is 5.92 Å². The van der Waals surface area contributed by atoms with Crippen LogP contribution >= 0.6 is 0 Å². The van der Waals surface area contributed by atoms with Gasteiger partial charge in [0, 0.05) is 13.7 Å². The molecular weight excluding hydrogens is 136 g/mol. The molecule has 0 aliphatic carbocycles. The average molecular weight is 147 g/mol. The summed E-state index contributed by atoms with van der Waals surface area (Å²) in [7, 11) is 1.68. The van der Waals surface area contributed by atoms with Crippen molar-refractivity contribution in [3.8, 4) is 0 Å². The van der Waals surface area contributed by atoms with Gasteiger partial charge in [-0.2, -0.15) is 0 Å². The summed E-state index contributed by atoms with van der Waals surface area (Å²) in [5.74, 6) is 0.426. The van der Waals surface area contributed by atoms with E-state index in [1.807, 2.05) is 6.92 Å². The molecule has 0 fully saturated rings. The van der Waals surface area contributed by atoms with Crippen LogP contribution in [-0.4, -0.2) is 36.8 Å². The predicted octanol–water partition coefficient (Wildman–Crippen LogP) is -2.27. The normalized spacial score (nSPS) is 10.9. The maximum Gasteiger partial charge on any atom is 2.00 e. The van der Waals surface area contributed by atoms with E-state index >= 15 is 0 Å². The van der Waals surface area contributed by atoms with Gasteiger partial charge in [-0.1, -0.05) is 6.92 Å². The van der Waals surface area contributed by atoms with Crippen LogP contribution in [0.15, 0.2) is 0 Å². The fraction of sp³-hybridized carbons (Fsp3) is 0.800. The van der Waals surface area contributed by atoms with E-state index in [9.17, 15) is 0 Å². The summed E-state index contributed by atoms with van der Waals surface area (Å²) in [5.41, 5.74) is 0. The van der Waals surface area contributed by atoms with E-state index in [4.69, 9.17) is 4.74 Å². The minimum atomic E-state index is 0. The molecule has 0 saturated carbocycles. The second-order valence-corrected chi connectivity index (χ2v) is 1.56. The molecule has 46 valence electrons. The van der Waals surface area contributed by atoms with E-state index < -0.39 is 0 Å². The summed E-state index contributed by atoms with van der Waals surface area (Å²) in [6.45, 7) is 6.48. The molecule has 1 atom stereocenters. The topological polar surface area (TPSA) is 9.23 Å². The number of ether oxygens (including phenoxy) is 1. The molecule has 0 aliphatic heterocycles. The van der Waals surface area contributed by atoms with Gasteiger partial charge in [0.25, 0.3) is 0 Å². The smallest absolute Gasteiger partial charge is 1.00 e. The maximum absolute atomic E-state index is 4.74. The second kappa shape index (κ2) is 10.9. The zero-order valence-corrected chi connectivity index (χ0v) is 7.66. The van der Waals surface area contributed by atoms with Crippen LogP contribution in [0.2, 0.25) is 0 Å². The van der Waals surface area contributed by atoms with E-state index in [1.165, 1.54) is 0 Å². The van der Waals surface area contributed by atoms with Crippen molar-refractivity contribution in [3.63, 3.8) is 0 Å². The van der Waals surface area contributed by atoms with Crippen molar-refractivity contribution in [2.45, 2.75) is 6.92 Å². The number of hydrogen-bond donors (Lipinski definition) is 0. The largest absolute Gasteiger partial charge is 2.00 e. The third kappa shape index (κ3) is 15.7. The molecule has 0 rings (SSSR count). The summed E-state index contributed by atoms with van der Waals surface area (Å²) in [6.07, 6.45) is 0. The van der Waals surface area contributed by atoms with Crippen molar-refractivity contribution in [1.82, 2.24) is 0 Å². The van der Waals surface area contributed by atoms with Crippen LogP contribution in [0.4, 0.5) is 0 Å². The monoisotopic (exact) mass is 146 g/mol. The zero-order chi connectivity index (χ0) is 4.99. The van der Waals surface area contributed by atoms with E-state index in [0.717, 1.165) is 6.61 Å². The Balaban J connectivity index is -0.000000125.